The lowest BCUT2D eigenvalue weighted by molar-refractivity contribution is 0.338. The fourth-order valence-electron chi connectivity index (χ4n) is 1.57. The van der Waals surface area contributed by atoms with Crippen LogP contribution in [0.4, 0.5) is 14.5 Å². The fraction of sp³-hybridized carbons (Fsp3) is 0.143. The maximum atomic E-state index is 13.3. The van der Waals surface area contributed by atoms with E-state index in [0.29, 0.717) is 24.2 Å². The summed E-state index contributed by atoms with van der Waals surface area (Å²) in [5.41, 5.74) is 5.26. The van der Waals surface area contributed by atoms with E-state index in [1.54, 1.807) is 24.3 Å². The number of anilines is 1. The summed E-state index contributed by atoms with van der Waals surface area (Å²) in [5, 5.41) is 0. The van der Waals surface area contributed by atoms with E-state index < -0.39 is 11.6 Å². The Labute approximate surface area is 109 Å². The minimum Gasteiger partial charge on any atom is -0.494 e. The van der Waals surface area contributed by atoms with Crippen molar-refractivity contribution in [2.45, 2.75) is 6.92 Å². The summed E-state index contributed by atoms with van der Waals surface area (Å²) in [4.78, 5) is 0. The number of nitrogens with two attached hydrogens (primary N) is 1. The third-order valence-electron chi connectivity index (χ3n) is 2.40. The molecule has 0 unspecified atom stereocenters. The lowest BCUT2D eigenvalue weighted by atomic mass is 10.2. The van der Waals surface area contributed by atoms with Gasteiger partial charge in [-0.25, -0.2) is 8.78 Å². The number of nitrogen functional groups attached to an aromatic ring is 1. The molecule has 2 rings (SSSR count). The highest BCUT2D eigenvalue weighted by Gasteiger charge is 2.10. The summed E-state index contributed by atoms with van der Waals surface area (Å²) in [6.07, 6.45) is 0. The first-order valence-electron chi connectivity index (χ1n) is 5.75. The number of hydrogen-bond acceptors (Lipinski definition) is 3. The number of benzene rings is 2. The summed E-state index contributed by atoms with van der Waals surface area (Å²) >= 11 is 0. The summed E-state index contributed by atoms with van der Waals surface area (Å²) in [5.74, 6) is -0.664. The molecule has 0 aliphatic rings. The van der Waals surface area contributed by atoms with Crippen LogP contribution in [0.5, 0.6) is 17.2 Å². The minimum absolute atomic E-state index is 0.0638. The molecular weight excluding hydrogens is 252 g/mol. The summed E-state index contributed by atoms with van der Waals surface area (Å²) in [7, 11) is 0. The Morgan fingerprint density at radius 1 is 1.11 bits per heavy atom. The van der Waals surface area contributed by atoms with E-state index in [1.165, 1.54) is 0 Å². The number of halogens is 2. The Morgan fingerprint density at radius 2 is 1.84 bits per heavy atom. The molecule has 0 heterocycles. The zero-order valence-corrected chi connectivity index (χ0v) is 10.3. The largest absolute Gasteiger partial charge is 0.494 e. The first kappa shape index (κ1) is 13.1. The number of hydrogen-bond donors (Lipinski definition) is 1. The van der Waals surface area contributed by atoms with E-state index in [2.05, 4.69) is 0 Å². The molecule has 0 fully saturated rings. The van der Waals surface area contributed by atoms with Gasteiger partial charge in [0.25, 0.3) is 0 Å². The highest BCUT2D eigenvalue weighted by Crippen LogP contribution is 2.31. The van der Waals surface area contributed by atoms with Crippen LogP contribution in [0.3, 0.4) is 0 Å². The van der Waals surface area contributed by atoms with Crippen LogP contribution in [0, 0.1) is 11.6 Å². The molecule has 100 valence electrons. The van der Waals surface area contributed by atoms with Crippen LogP contribution in [-0.2, 0) is 0 Å². The first-order chi connectivity index (χ1) is 9.10. The highest BCUT2D eigenvalue weighted by atomic mass is 19.1. The van der Waals surface area contributed by atoms with E-state index in [-0.39, 0.29) is 11.4 Å². The van der Waals surface area contributed by atoms with Crippen molar-refractivity contribution in [2.24, 2.45) is 0 Å². The Balaban J connectivity index is 2.28. The highest BCUT2D eigenvalue weighted by molar-refractivity contribution is 5.55. The van der Waals surface area contributed by atoms with Crippen molar-refractivity contribution in [2.75, 3.05) is 12.3 Å². The van der Waals surface area contributed by atoms with E-state index >= 15 is 0 Å². The molecule has 0 spiro atoms. The molecule has 2 aromatic rings. The third-order valence-corrected chi connectivity index (χ3v) is 2.40. The van der Waals surface area contributed by atoms with E-state index in [9.17, 15) is 8.78 Å². The van der Waals surface area contributed by atoms with Gasteiger partial charge in [-0.2, -0.15) is 0 Å². The summed E-state index contributed by atoms with van der Waals surface area (Å²) < 4.78 is 37.1. The summed E-state index contributed by atoms with van der Waals surface area (Å²) in [6.45, 7) is 2.37. The minimum atomic E-state index is -0.851. The fourth-order valence-corrected chi connectivity index (χ4v) is 1.57. The van der Waals surface area contributed by atoms with Crippen molar-refractivity contribution in [3.8, 4) is 17.2 Å². The molecule has 0 bridgehead atoms. The van der Waals surface area contributed by atoms with Gasteiger partial charge in [-0.3, -0.25) is 0 Å². The second-order valence-electron chi connectivity index (χ2n) is 3.81. The standard InChI is InChI=1S/C14H13F2NO2/c1-2-18-10-4-3-5-11(8-10)19-13-7-9(15)6-12(16)14(13)17/h3-8H,2,17H2,1H3. The van der Waals surface area contributed by atoms with Crippen LogP contribution in [0.15, 0.2) is 36.4 Å². The van der Waals surface area contributed by atoms with Gasteiger partial charge in [-0.05, 0) is 19.1 Å². The van der Waals surface area contributed by atoms with Crippen molar-refractivity contribution >= 4 is 5.69 Å². The normalized spacial score (nSPS) is 10.3. The van der Waals surface area contributed by atoms with Crippen molar-refractivity contribution in [3.63, 3.8) is 0 Å². The second kappa shape index (κ2) is 5.56. The van der Waals surface area contributed by atoms with Crippen molar-refractivity contribution < 1.29 is 18.3 Å². The zero-order valence-electron chi connectivity index (χ0n) is 10.3. The quantitative estimate of drug-likeness (QED) is 0.856. The van der Waals surface area contributed by atoms with E-state index in [4.69, 9.17) is 15.2 Å². The van der Waals surface area contributed by atoms with Gasteiger partial charge in [0, 0.05) is 18.2 Å². The van der Waals surface area contributed by atoms with Crippen LogP contribution in [0.1, 0.15) is 6.92 Å². The molecule has 0 amide bonds. The topological polar surface area (TPSA) is 44.5 Å². The zero-order chi connectivity index (χ0) is 13.8. The van der Waals surface area contributed by atoms with Gasteiger partial charge >= 0.3 is 0 Å². The molecule has 0 atom stereocenters. The number of ether oxygens (including phenoxy) is 2. The maximum absolute atomic E-state index is 13.3. The molecule has 3 nitrogen and oxygen atoms in total. The SMILES string of the molecule is CCOc1cccc(Oc2cc(F)cc(F)c2N)c1. The van der Waals surface area contributed by atoms with Gasteiger partial charge in [-0.15, -0.1) is 0 Å². The molecule has 2 N–H and O–H groups in total. The average molecular weight is 265 g/mol. The molecular formula is C14H13F2NO2. The molecule has 0 saturated heterocycles. The molecule has 5 heteroatoms. The lowest BCUT2D eigenvalue weighted by Gasteiger charge is -2.10. The van der Waals surface area contributed by atoms with Gasteiger partial charge in [-0.1, -0.05) is 6.07 Å². The number of rotatable bonds is 4. The smallest absolute Gasteiger partial charge is 0.156 e. The van der Waals surface area contributed by atoms with Crippen LogP contribution in [-0.4, -0.2) is 6.61 Å². The van der Waals surface area contributed by atoms with Crippen molar-refractivity contribution in [1.29, 1.82) is 0 Å². The molecule has 0 radical (unpaired) electrons. The van der Waals surface area contributed by atoms with Crippen molar-refractivity contribution in [3.05, 3.63) is 48.0 Å². The predicted octanol–water partition coefficient (Wildman–Crippen LogP) is 3.74. The van der Waals surface area contributed by atoms with Crippen LogP contribution < -0.4 is 15.2 Å². The molecule has 0 aliphatic heterocycles. The molecule has 0 saturated carbocycles. The van der Waals surface area contributed by atoms with E-state index in [0.717, 1.165) is 6.07 Å². The Bertz CT molecular complexity index is 588. The lowest BCUT2D eigenvalue weighted by Crippen LogP contribution is -1.97. The van der Waals surface area contributed by atoms with Crippen molar-refractivity contribution in [1.82, 2.24) is 0 Å². The van der Waals surface area contributed by atoms with Gasteiger partial charge in [0.05, 0.1) is 6.61 Å². The molecule has 19 heavy (non-hydrogen) atoms. The van der Waals surface area contributed by atoms with Crippen LogP contribution in [0.2, 0.25) is 0 Å². The first-order valence-corrected chi connectivity index (χ1v) is 5.75. The van der Waals surface area contributed by atoms with Gasteiger partial charge in [0.2, 0.25) is 0 Å². The Morgan fingerprint density at radius 3 is 2.58 bits per heavy atom. The van der Waals surface area contributed by atoms with Gasteiger partial charge in [0.15, 0.2) is 11.6 Å². The molecule has 0 aromatic heterocycles. The average Bonchev–Trinajstić information content (AvgIpc) is 2.36. The third kappa shape index (κ3) is 3.13. The van der Waals surface area contributed by atoms with Gasteiger partial charge in [0.1, 0.15) is 23.0 Å². The molecule has 2 aromatic carbocycles. The maximum Gasteiger partial charge on any atom is 0.156 e. The monoisotopic (exact) mass is 265 g/mol. The molecule has 0 aliphatic carbocycles. The second-order valence-corrected chi connectivity index (χ2v) is 3.81. The van der Waals surface area contributed by atoms with Gasteiger partial charge < -0.3 is 15.2 Å². The van der Waals surface area contributed by atoms with Crippen LogP contribution in [0.25, 0.3) is 0 Å². The van der Waals surface area contributed by atoms with E-state index in [1.807, 2.05) is 6.92 Å². The Hall–Kier alpha value is -2.30. The van der Waals surface area contributed by atoms with Crippen LogP contribution >= 0.6 is 0 Å². The Kier molecular flexibility index (Phi) is 3.85. The summed E-state index contributed by atoms with van der Waals surface area (Å²) in [6, 6.07) is 8.47. The predicted molar refractivity (Wildman–Crippen MR) is 68.5 cm³/mol.